The number of hydrogen-bond donors (Lipinski definition) is 3. The van der Waals surface area contributed by atoms with Crippen LogP contribution in [0.25, 0.3) is 0 Å². The van der Waals surface area contributed by atoms with E-state index in [2.05, 4.69) is 10.6 Å². The molecule has 0 spiro atoms. The fraction of sp³-hybridized carbons (Fsp3) is 0.462. The first-order valence-corrected chi connectivity index (χ1v) is 6.00. The maximum absolute atomic E-state index is 12.8. The van der Waals surface area contributed by atoms with Crippen LogP contribution in [-0.2, 0) is 4.74 Å². The molecule has 0 unspecified atom stereocenters. The monoisotopic (exact) mass is 270 g/mol. The summed E-state index contributed by atoms with van der Waals surface area (Å²) in [6, 6.07) is 5.21. The van der Waals surface area contributed by atoms with Crippen LogP contribution in [-0.4, -0.2) is 37.4 Å². The summed E-state index contributed by atoms with van der Waals surface area (Å²) in [4.78, 5) is 11.5. The molecule has 1 aromatic carbocycles. The van der Waals surface area contributed by atoms with Crippen LogP contribution >= 0.6 is 0 Å². The van der Waals surface area contributed by atoms with E-state index in [0.29, 0.717) is 0 Å². The first kappa shape index (κ1) is 15.4. The number of rotatable bonds is 6. The summed E-state index contributed by atoms with van der Waals surface area (Å²) < 4.78 is 18.0. The number of benzene rings is 1. The fourth-order valence-electron chi connectivity index (χ4n) is 1.52. The van der Waals surface area contributed by atoms with Crippen LogP contribution in [0.4, 0.5) is 9.18 Å². The maximum Gasteiger partial charge on any atom is 0.315 e. The number of urea groups is 1. The van der Waals surface area contributed by atoms with E-state index in [-0.39, 0.29) is 37.1 Å². The highest BCUT2D eigenvalue weighted by Gasteiger charge is 2.13. The van der Waals surface area contributed by atoms with Crippen LogP contribution in [0.5, 0.6) is 0 Å². The predicted octanol–water partition coefficient (Wildman–Crippen LogP) is 1.19. The zero-order valence-corrected chi connectivity index (χ0v) is 11.0. The Morgan fingerprint density at radius 2 is 2.05 bits per heavy atom. The van der Waals surface area contributed by atoms with Crippen LogP contribution < -0.4 is 10.6 Å². The first-order chi connectivity index (χ1) is 9.06. The molecular formula is C13H19FN2O3. The third-order valence-electron chi connectivity index (χ3n) is 2.63. The van der Waals surface area contributed by atoms with Crippen molar-refractivity contribution in [2.75, 3.05) is 20.3 Å². The normalized spacial score (nSPS) is 13.7. The van der Waals surface area contributed by atoms with Crippen molar-refractivity contribution in [2.24, 2.45) is 0 Å². The Balaban J connectivity index is 2.49. The fourth-order valence-corrected chi connectivity index (χ4v) is 1.52. The number of hydrogen-bond acceptors (Lipinski definition) is 3. The molecule has 6 heteroatoms. The predicted molar refractivity (Wildman–Crippen MR) is 69.2 cm³/mol. The maximum atomic E-state index is 12.8. The average molecular weight is 270 g/mol. The van der Waals surface area contributed by atoms with Crippen molar-refractivity contribution in [3.05, 3.63) is 35.6 Å². The molecule has 106 valence electrons. The lowest BCUT2D eigenvalue weighted by Gasteiger charge is -2.18. The van der Waals surface area contributed by atoms with E-state index in [9.17, 15) is 9.18 Å². The summed E-state index contributed by atoms with van der Waals surface area (Å²) in [6.07, 6.45) is -0.351. The molecule has 2 atom stereocenters. The van der Waals surface area contributed by atoms with Crippen molar-refractivity contribution in [1.82, 2.24) is 10.6 Å². The highest BCUT2D eigenvalue weighted by Crippen LogP contribution is 2.15. The van der Waals surface area contributed by atoms with Crippen LogP contribution in [0.15, 0.2) is 24.3 Å². The Bertz CT molecular complexity index is 397. The Morgan fingerprint density at radius 3 is 2.58 bits per heavy atom. The Hall–Kier alpha value is -1.66. The van der Waals surface area contributed by atoms with Crippen LogP contribution in [0.2, 0.25) is 0 Å². The van der Waals surface area contributed by atoms with Gasteiger partial charge in [-0.1, -0.05) is 12.1 Å². The van der Waals surface area contributed by atoms with Gasteiger partial charge in [0.1, 0.15) is 5.82 Å². The lowest BCUT2D eigenvalue weighted by Crippen LogP contribution is -2.43. The molecule has 0 radical (unpaired) electrons. The van der Waals surface area contributed by atoms with E-state index >= 15 is 0 Å². The van der Waals surface area contributed by atoms with Gasteiger partial charge in [-0.05, 0) is 24.6 Å². The summed E-state index contributed by atoms with van der Waals surface area (Å²) in [7, 11) is 1.52. The molecule has 0 aliphatic carbocycles. The van der Waals surface area contributed by atoms with E-state index in [4.69, 9.17) is 9.84 Å². The second kappa shape index (κ2) is 7.70. The highest BCUT2D eigenvalue weighted by molar-refractivity contribution is 5.74. The molecule has 5 nitrogen and oxygen atoms in total. The number of aliphatic hydroxyl groups excluding tert-OH is 1. The Labute approximate surface area is 111 Å². The van der Waals surface area contributed by atoms with Gasteiger partial charge in [0, 0.05) is 13.7 Å². The second-order valence-electron chi connectivity index (χ2n) is 4.21. The molecule has 0 aliphatic heterocycles. The summed E-state index contributed by atoms with van der Waals surface area (Å²) in [5.41, 5.74) is 0.777. The van der Waals surface area contributed by atoms with E-state index in [1.807, 2.05) is 0 Å². The van der Waals surface area contributed by atoms with Crippen molar-refractivity contribution in [2.45, 2.75) is 19.1 Å². The van der Waals surface area contributed by atoms with Gasteiger partial charge in [0.25, 0.3) is 0 Å². The quantitative estimate of drug-likeness (QED) is 0.727. The lowest BCUT2D eigenvalue weighted by molar-refractivity contribution is 0.103. The van der Waals surface area contributed by atoms with Gasteiger partial charge < -0.3 is 20.5 Å². The minimum Gasteiger partial charge on any atom is -0.394 e. The Morgan fingerprint density at radius 1 is 1.42 bits per heavy atom. The molecule has 1 rings (SSSR count). The minimum atomic E-state index is -0.384. The topological polar surface area (TPSA) is 70.6 Å². The van der Waals surface area contributed by atoms with Gasteiger partial charge in [-0.15, -0.1) is 0 Å². The number of carbonyl (C=O) groups excluding carboxylic acids is 1. The number of carbonyl (C=O) groups is 1. The van der Waals surface area contributed by atoms with Crippen LogP contribution in [0.1, 0.15) is 18.6 Å². The van der Waals surface area contributed by atoms with Crippen molar-refractivity contribution >= 4 is 6.03 Å². The number of methoxy groups -OCH3 is 1. The highest BCUT2D eigenvalue weighted by atomic mass is 19.1. The average Bonchev–Trinajstić information content (AvgIpc) is 2.41. The zero-order chi connectivity index (χ0) is 14.3. The summed E-state index contributed by atoms with van der Waals surface area (Å²) in [5, 5.41) is 14.0. The van der Waals surface area contributed by atoms with Crippen LogP contribution in [0.3, 0.4) is 0 Å². The number of aliphatic hydroxyl groups is 1. The van der Waals surface area contributed by atoms with E-state index < -0.39 is 0 Å². The smallest absolute Gasteiger partial charge is 0.315 e. The lowest BCUT2D eigenvalue weighted by atomic mass is 10.1. The molecule has 0 fully saturated rings. The Kier molecular flexibility index (Phi) is 6.24. The zero-order valence-electron chi connectivity index (χ0n) is 11.0. The van der Waals surface area contributed by atoms with Gasteiger partial charge in [0.15, 0.2) is 0 Å². The van der Waals surface area contributed by atoms with Gasteiger partial charge >= 0.3 is 6.03 Å². The SMILES string of the molecule is CO[C@H](CNC(=O)N[C@@H](C)CO)c1ccc(F)cc1. The van der Waals surface area contributed by atoms with Crippen molar-refractivity contribution in [3.8, 4) is 0 Å². The summed E-state index contributed by atoms with van der Waals surface area (Å²) in [5.74, 6) is -0.318. The molecule has 2 amide bonds. The van der Waals surface area contributed by atoms with Gasteiger partial charge in [0.05, 0.1) is 18.8 Å². The molecule has 0 aliphatic rings. The summed E-state index contributed by atoms with van der Waals surface area (Å²) in [6.45, 7) is 1.82. The molecule has 0 heterocycles. The van der Waals surface area contributed by atoms with Crippen molar-refractivity contribution in [3.63, 3.8) is 0 Å². The van der Waals surface area contributed by atoms with Crippen molar-refractivity contribution < 1.29 is 19.0 Å². The first-order valence-electron chi connectivity index (χ1n) is 6.00. The van der Waals surface area contributed by atoms with Crippen molar-refractivity contribution in [1.29, 1.82) is 0 Å². The molecule has 0 aromatic heterocycles. The van der Waals surface area contributed by atoms with Gasteiger partial charge in [-0.2, -0.15) is 0 Å². The number of nitrogens with one attached hydrogen (secondary N) is 2. The minimum absolute atomic E-state index is 0.126. The molecule has 0 bridgehead atoms. The number of halogens is 1. The number of ether oxygens (including phenoxy) is 1. The van der Waals surface area contributed by atoms with Gasteiger partial charge in [0.2, 0.25) is 0 Å². The molecule has 3 N–H and O–H groups in total. The summed E-state index contributed by atoms with van der Waals surface area (Å²) >= 11 is 0. The standard InChI is InChI=1S/C13H19FN2O3/c1-9(8-17)16-13(18)15-7-12(19-2)10-3-5-11(14)6-4-10/h3-6,9,12,17H,7-8H2,1-2H3,(H2,15,16,18)/t9-,12+/m0/s1. The van der Waals surface area contributed by atoms with E-state index in [1.165, 1.54) is 19.2 Å². The number of amides is 2. The largest absolute Gasteiger partial charge is 0.394 e. The van der Waals surface area contributed by atoms with Gasteiger partial charge in [-0.3, -0.25) is 0 Å². The molecule has 0 saturated heterocycles. The third kappa shape index (κ3) is 5.23. The molecule has 19 heavy (non-hydrogen) atoms. The molecule has 1 aromatic rings. The molecular weight excluding hydrogens is 251 g/mol. The van der Waals surface area contributed by atoms with Gasteiger partial charge in [-0.25, -0.2) is 9.18 Å². The van der Waals surface area contributed by atoms with Crippen LogP contribution in [0, 0.1) is 5.82 Å². The van der Waals surface area contributed by atoms with E-state index in [0.717, 1.165) is 5.56 Å². The third-order valence-corrected chi connectivity index (χ3v) is 2.63. The molecule has 0 saturated carbocycles. The second-order valence-corrected chi connectivity index (χ2v) is 4.21. The van der Waals surface area contributed by atoms with E-state index in [1.54, 1.807) is 19.1 Å².